The van der Waals surface area contributed by atoms with E-state index in [9.17, 15) is 0 Å². The van der Waals surface area contributed by atoms with Crippen LogP contribution < -0.4 is 0 Å². The number of hydrogen-bond donors (Lipinski definition) is 0. The molecule has 0 aromatic rings. The van der Waals surface area contributed by atoms with E-state index < -0.39 is 0 Å². The highest BCUT2D eigenvalue weighted by Crippen LogP contribution is 2.20. The minimum absolute atomic E-state index is 0.582. The lowest BCUT2D eigenvalue weighted by Gasteiger charge is -2.22. The van der Waals surface area contributed by atoms with Crippen molar-refractivity contribution < 1.29 is 0 Å². The van der Waals surface area contributed by atoms with E-state index in [1.54, 1.807) is 0 Å². The fourth-order valence-corrected chi connectivity index (χ4v) is 1.25. The Kier molecular flexibility index (Phi) is 3.13. The van der Waals surface area contributed by atoms with Crippen molar-refractivity contribution in [1.29, 1.82) is 0 Å². The lowest BCUT2D eigenvalue weighted by molar-refractivity contribution is 0.574. The standard InChI is InChI=1S/C12H17N/c1-5-6-12-9-11(10(2)3)7-8-13(12)4/h5-10H,1H2,2-4H3/b12-6-. The van der Waals surface area contributed by atoms with Crippen LogP contribution in [0.3, 0.4) is 0 Å². The number of rotatable bonds is 2. The fourth-order valence-electron chi connectivity index (χ4n) is 1.25. The van der Waals surface area contributed by atoms with Crippen LogP contribution in [0.25, 0.3) is 0 Å². The first-order chi connectivity index (χ1) is 6.15. The molecule has 0 atom stereocenters. The van der Waals surface area contributed by atoms with Crippen LogP contribution in [-0.4, -0.2) is 11.9 Å². The van der Waals surface area contributed by atoms with Gasteiger partial charge in [0, 0.05) is 18.9 Å². The van der Waals surface area contributed by atoms with Gasteiger partial charge in [-0.2, -0.15) is 0 Å². The van der Waals surface area contributed by atoms with Crippen LogP contribution in [0.1, 0.15) is 13.8 Å². The molecule has 0 aromatic heterocycles. The summed E-state index contributed by atoms with van der Waals surface area (Å²) in [5.74, 6) is 0.582. The van der Waals surface area contributed by atoms with Gasteiger partial charge in [0.05, 0.1) is 0 Å². The minimum Gasteiger partial charge on any atom is -0.351 e. The molecule has 0 unspecified atom stereocenters. The molecule has 0 fully saturated rings. The fraction of sp³-hybridized carbons (Fsp3) is 0.333. The van der Waals surface area contributed by atoms with Gasteiger partial charge < -0.3 is 4.90 Å². The largest absolute Gasteiger partial charge is 0.351 e. The zero-order valence-electron chi connectivity index (χ0n) is 8.62. The van der Waals surface area contributed by atoms with Crippen LogP contribution in [0.4, 0.5) is 0 Å². The normalized spacial score (nSPS) is 19.5. The van der Waals surface area contributed by atoms with Gasteiger partial charge >= 0.3 is 0 Å². The lowest BCUT2D eigenvalue weighted by atomic mass is 10.00. The second-order valence-electron chi connectivity index (χ2n) is 3.55. The Morgan fingerprint density at radius 3 is 2.69 bits per heavy atom. The van der Waals surface area contributed by atoms with Gasteiger partial charge in [0.2, 0.25) is 0 Å². The quantitative estimate of drug-likeness (QED) is 0.623. The Labute approximate surface area is 80.7 Å². The summed E-state index contributed by atoms with van der Waals surface area (Å²) in [6, 6.07) is 0. The van der Waals surface area contributed by atoms with E-state index in [0.717, 1.165) is 0 Å². The smallest absolute Gasteiger partial charge is 0.0406 e. The summed E-state index contributed by atoms with van der Waals surface area (Å²) in [4.78, 5) is 2.09. The molecule has 1 rings (SSSR count). The second-order valence-corrected chi connectivity index (χ2v) is 3.55. The van der Waals surface area contributed by atoms with Crippen LogP contribution in [0.5, 0.6) is 0 Å². The van der Waals surface area contributed by atoms with Crippen LogP contribution in [0.2, 0.25) is 0 Å². The van der Waals surface area contributed by atoms with Gasteiger partial charge in [-0.3, -0.25) is 0 Å². The average molecular weight is 175 g/mol. The molecule has 1 heterocycles. The van der Waals surface area contributed by atoms with Crippen molar-refractivity contribution in [2.75, 3.05) is 7.05 Å². The molecule has 0 saturated heterocycles. The zero-order chi connectivity index (χ0) is 9.84. The van der Waals surface area contributed by atoms with E-state index in [2.05, 4.69) is 43.7 Å². The van der Waals surface area contributed by atoms with Gasteiger partial charge in [-0.1, -0.05) is 26.5 Å². The molecule has 1 heteroatoms. The van der Waals surface area contributed by atoms with E-state index in [1.807, 2.05) is 19.2 Å². The predicted octanol–water partition coefficient (Wildman–Crippen LogP) is 3.10. The molecule has 0 aliphatic carbocycles. The summed E-state index contributed by atoms with van der Waals surface area (Å²) >= 11 is 0. The number of allylic oxidation sites excluding steroid dienone is 5. The van der Waals surface area contributed by atoms with Crippen molar-refractivity contribution in [3.05, 3.63) is 48.4 Å². The molecule has 0 N–H and O–H groups in total. The summed E-state index contributed by atoms with van der Waals surface area (Å²) in [6.07, 6.45) is 10.3. The maximum Gasteiger partial charge on any atom is 0.0406 e. The van der Waals surface area contributed by atoms with Crippen molar-refractivity contribution in [2.45, 2.75) is 13.8 Å². The van der Waals surface area contributed by atoms with Crippen molar-refractivity contribution in [3.8, 4) is 0 Å². The molecule has 1 nitrogen and oxygen atoms in total. The molecule has 0 saturated carbocycles. The van der Waals surface area contributed by atoms with Gasteiger partial charge in [0.1, 0.15) is 0 Å². The highest BCUT2D eigenvalue weighted by atomic mass is 15.1. The lowest BCUT2D eigenvalue weighted by Crippen LogP contribution is -2.13. The van der Waals surface area contributed by atoms with E-state index in [-0.39, 0.29) is 0 Å². The number of nitrogens with zero attached hydrogens (tertiary/aromatic N) is 1. The molecule has 70 valence electrons. The third-order valence-corrected chi connectivity index (χ3v) is 2.17. The molecule has 1 aliphatic heterocycles. The van der Waals surface area contributed by atoms with Gasteiger partial charge in [-0.25, -0.2) is 0 Å². The molecule has 1 aliphatic rings. The zero-order valence-corrected chi connectivity index (χ0v) is 8.62. The molecule has 0 bridgehead atoms. The van der Waals surface area contributed by atoms with E-state index in [4.69, 9.17) is 0 Å². The highest BCUT2D eigenvalue weighted by molar-refractivity contribution is 5.37. The van der Waals surface area contributed by atoms with Crippen LogP contribution in [0.15, 0.2) is 48.4 Å². The molecule has 0 aromatic carbocycles. The Balaban J connectivity index is 2.93. The molecular weight excluding hydrogens is 158 g/mol. The Hall–Kier alpha value is -1.24. The first-order valence-corrected chi connectivity index (χ1v) is 4.60. The molecular formula is C12H17N. The minimum atomic E-state index is 0.582. The molecule has 0 radical (unpaired) electrons. The van der Waals surface area contributed by atoms with Crippen LogP contribution in [-0.2, 0) is 0 Å². The first kappa shape index (κ1) is 9.85. The van der Waals surface area contributed by atoms with E-state index >= 15 is 0 Å². The monoisotopic (exact) mass is 175 g/mol. The van der Waals surface area contributed by atoms with Gasteiger partial charge in [0.15, 0.2) is 0 Å². The second kappa shape index (κ2) is 4.13. The summed E-state index contributed by atoms with van der Waals surface area (Å²) in [6.45, 7) is 8.11. The van der Waals surface area contributed by atoms with Crippen molar-refractivity contribution in [1.82, 2.24) is 4.90 Å². The van der Waals surface area contributed by atoms with Crippen molar-refractivity contribution >= 4 is 0 Å². The van der Waals surface area contributed by atoms with Crippen LogP contribution in [0, 0.1) is 5.92 Å². The highest BCUT2D eigenvalue weighted by Gasteiger charge is 2.07. The van der Waals surface area contributed by atoms with E-state index in [1.165, 1.54) is 11.3 Å². The molecule has 0 amide bonds. The topological polar surface area (TPSA) is 3.24 Å². The number of likely N-dealkylation sites (N-methyl/N-ethyl adjacent to an activating group) is 1. The maximum atomic E-state index is 3.70. The Morgan fingerprint density at radius 2 is 2.15 bits per heavy atom. The van der Waals surface area contributed by atoms with Crippen LogP contribution >= 0.6 is 0 Å². The summed E-state index contributed by atoms with van der Waals surface area (Å²) in [5, 5.41) is 0. The third kappa shape index (κ3) is 2.35. The molecule has 0 spiro atoms. The molecule has 13 heavy (non-hydrogen) atoms. The predicted molar refractivity (Wildman–Crippen MR) is 58.1 cm³/mol. The average Bonchev–Trinajstić information content (AvgIpc) is 2.08. The number of hydrogen-bond acceptors (Lipinski definition) is 1. The van der Waals surface area contributed by atoms with Gasteiger partial charge in [0.25, 0.3) is 0 Å². The maximum absolute atomic E-state index is 3.70. The Bertz CT molecular complexity index is 279. The Morgan fingerprint density at radius 1 is 1.46 bits per heavy atom. The van der Waals surface area contributed by atoms with Crippen molar-refractivity contribution in [2.24, 2.45) is 5.92 Å². The van der Waals surface area contributed by atoms with Gasteiger partial charge in [-0.15, -0.1) is 0 Å². The summed E-state index contributed by atoms with van der Waals surface area (Å²) in [7, 11) is 2.04. The SMILES string of the molecule is C=C/C=C1/C=C(C(C)C)C=CN1C. The first-order valence-electron chi connectivity index (χ1n) is 4.60. The summed E-state index contributed by atoms with van der Waals surface area (Å²) < 4.78 is 0. The summed E-state index contributed by atoms with van der Waals surface area (Å²) in [5.41, 5.74) is 2.56. The van der Waals surface area contributed by atoms with E-state index in [0.29, 0.717) is 5.92 Å². The third-order valence-electron chi connectivity index (χ3n) is 2.17. The van der Waals surface area contributed by atoms with Gasteiger partial charge in [-0.05, 0) is 29.7 Å². The van der Waals surface area contributed by atoms with Crippen molar-refractivity contribution in [3.63, 3.8) is 0 Å².